The molecule has 5 heteroatoms. The molecule has 0 saturated heterocycles. The van der Waals surface area contributed by atoms with Crippen LogP contribution in [0.15, 0.2) is 30.9 Å². The Balaban J connectivity index is 2.54. The van der Waals surface area contributed by atoms with Crippen molar-refractivity contribution in [2.75, 3.05) is 5.73 Å². The van der Waals surface area contributed by atoms with E-state index in [1.807, 2.05) is 12.1 Å². The van der Waals surface area contributed by atoms with Gasteiger partial charge in [0.2, 0.25) is 0 Å². The second-order valence-corrected chi connectivity index (χ2v) is 2.67. The van der Waals surface area contributed by atoms with Gasteiger partial charge in [-0.1, -0.05) is 0 Å². The van der Waals surface area contributed by atoms with Crippen molar-refractivity contribution in [2.45, 2.75) is 0 Å². The summed E-state index contributed by atoms with van der Waals surface area (Å²) in [5.74, 6) is 0.334. The molecule has 0 fully saturated rings. The molecule has 68 valence electrons. The van der Waals surface area contributed by atoms with E-state index in [2.05, 4.69) is 9.97 Å². The Hall–Kier alpha value is -2.35. The monoisotopic (exact) mass is 185 g/mol. The molecule has 0 aromatic carbocycles. The summed E-state index contributed by atoms with van der Waals surface area (Å²) in [6, 6.07) is 5.54. The second kappa shape index (κ2) is 3.18. The summed E-state index contributed by atoms with van der Waals surface area (Å²) in [7, 11) is 0. The first-order valence-electron chi connectivity index (χ1n) is 3.96. The van der Waals surface area contributed by atoms with Gasteiger partial charge in [0.15, 0.2) is 5.69 Å². The number of pyridine rings is 1. The molecule has 0 radical (unpaired) electrons. The highest BCUT2D eigenvalue weighted by atomic mass is 15.1. The molecule has 5 nitrogen and oxygen atoms in total. The van der Waals surface area contributed by atoms with Crippen LogP contribution in [0.4, 0.5) is 5.82 Å². The quantitative estimate of drug-likeness (QED) is 0.709. The van der Waals surface area contributed by atoms with Crippen LogP contribution in [-0.4, -0.2) is 14.5 Å². The number of imidazole rings is 1. The Labute approximate surface area is 80.4 Å². The highest BCUT2D eigenvalue weighted by Gasteiger charge is 2.07. The number of nitrogens with zero attached hydrogens (tertiary/aromatic N) is 4. The Bertz CT molecular complexity index is 480. The first-order valence-corrected chi connectivity index (χ1v) is 3.96. The van der Waals surface area contributed by atoms with Crippen LogP contribution in [0.3, 0.4) is 0 Å². The molecule has 0 spiro atoms. The largest absolute Gasteiger partial charge is 0.382 e. The van der Waals surface area contributed by atoms with E-state index < -0.39 is 0 Å². The molecule has 0 aliphatic heterocycles. The van der Waals surface area contributed by atoms with Crippen LogP contribution >= 0.6 is 0 Å². The van der Waals surface area contributed by atoms with Gasteiger partial charge in [0.1, 0.15) is 18.2 Å². The molecule has 0 aliphatic carbocycles. The number of nitriles is 1. The van der Waals surface area contributed by atoms with Crippen LogP contribution in [0.1, 0.15) is 5.69 Å². The third kappa shape index (κ3) is 1.19. The van der Waals surface area contributed by atoms with Gasteiger partial charge in [-0.2, -0.15) is 5.26 Å². The summed E-state index contributed by atoms with van der Waals surface area (Å²) in [6.45, 7) is 0. The third-order valence-electron chi connectivity index (χ3n) is 1.83. The van der Waals surface area contributed by atoms with Crippen molar-refractivity contribution < 1.29 is 0 Å². The van der Waals surface area contributed by atoms with Crippen molar-refractivity contribution in [1.82, 2.24) is 14.5 Å². The van der Waals surface area contributed by atoms with Crippen LogP contribution in [0.25, 0.3) is 5.69 Å². The zero-order valence-corrected chi connectivity index (χ0v) is 7.25. The minimum atomic E-state index is 0.230. The van der Waals surface area contributed by atoms with Crippen molar-refractivity contribution >= 4 is 5.82 Å². The van der Waals surface area contributed by atoms with Crippen LogP contribution in [0.2, 0.25) is 0 Å². The third-order valence-corrected chi connectivity index (χ3v) is 1.83. The minimum absolute atomic E-state index is 0.230. The fraction of sp³-hybridized carbons (Fsp3) is 0. The number of hydrogen-bond donors (Lipinski definition) is 1. The number of rotatable bonds is 1. The zero-order chi connectivity index (χ0) is 9.97. The summed E-state index contributed by atoms with van der Waals surface area (Å²) < 4.78 is 1.62. The molecule has 0 aliphatic rings. The maximum Gasteiger partial charge on any atom is 0.182 e. The standard InChI is InChI=1S/C9H7N5/c10-4-8-9(11)14(6-13-8)7-2-1-3-12-5-7/h1-3,5-6H,11H2. The molecule has 2 N–H and O–H groups in total. The Morgan fingerprint density at radius 3 is 2.93 bits per heavy atom. The molecule has 0 atom stereocenters. The first-order chi connectivity index (χ1) is 6.83. The lowest BCUT2D eigenvalue weighted by molar-refractivity contribution is 1.05. The number of nitrogens with two attached hydrogens (primary N) is 1. The van der Waals surface area contributed by atoms with Gasteiger partial charge < -0.3 is 5.73 Å². The summed E-state index contributed by atoms with van der Waals surface area (Å²) in [6.07, 6.45) is 4.83. The number of hydrogen-bond acceptors (Lipinski definition) is 4. The fourth-order valence-corrected chi connectivity index (χ4v) is 1.15. The molecule has 0 saturated carbocycles. The van der Waals surface area contributed by atoms with Crippen LogP contribution in [-0.2, 0) is 0 Å². The average Bonchev–Trinajstić information content (AvgIpc) is 2.61. The lowest BCUT2D eigenvalue weighted by Gasteiger charge is -2.02. The summed E-state index contributed by atoms with van der Waals surface area (Å²) in [5.41, 5.74) is 6.72. The Morgan fingerprint density at radius 1 is 1.50 bits per heavy atom. The van der Waals surface area contributed by atoms with Crippen molar-refractivity contribution in [2.24, 2.45) is 0 Å². The van der Waals surface area contributed by atoms with Gasteiger partial charge in [0.05, 0.1) is 11.9 Å². The van der Waals surface area contributed by atoms with E-state index in [1.165, 1.54) is 6.33 Å². The van der Waals surface area contributed by atoms with Crippen LogP contribution in [0.5, 0.6) is 0 Å². The molecule has 2 rings (SSSR count). The molecule has 2 aromatic heterocycles. The van der Waals surface area contributed by atoms with Crippen molar-refractivity contribution in [3.63, 3.8) is 0 Å². The Kier molecular flexibility index (Phi) is 1.88. The van der Waals surface area contributed by atoms with Gasteiger partial charge >= 0.3 is 0 Å². The lowest BCUT2D eigenvalue weighted by Crippen LogP contribution is -1.99. The van der Waals surface area contributed by atoms with Crippen molar-refractivity contribution in [3.05, 3.63) is 36.5 Å². The number of anilines is 1. The van der Waals surface area contributed by atoms with Crippen LogP contribution in [0, 0.1) is 11.3 Å². The predicted molar refractivity (Wildman–Crippen MR) is 50.5 cm³/mol. The molecule has 0 unspecified atom stereocenters. The van der Waals surface area contributed by atoms with Gasteiger partial charge in [-0.15, -0.1) is 0 Å². The molecule has 14 heavy (non-hydrogen) atoms. The fourth-order valence-electron chi connectivity index (χ4n) is 1.15. The number of nitrogen functional groups attached to an aromatic ring is 1. The topological polar surface area (TPSA) is 80.5 Å². The highest BCUT2D eigenvalue weighted by molar-refractivity contribution is 5.50. The number of aromatic nitrogens is 3. The van der Waals surface area contributed by atoms with E-state index in [1.54, 1.807) is 23.0 Å². The van der Waals surface area contributed by atoms with Gasteiger partial charge in [0.25, 0.3) is 0 Å². The first kappa shape index (κ1) is 8.26. The minimum Gasteiger partial charge on any atom is -0.382 e. The van der Waals surface area contributed by atoms with E-state index >= 15 is 0 Å². The summed E-state index contributed by atoms with van der Waals surface area (Å²) in [5, 5.41) is 8.66. The highest BCUT2D eigenvalue weighted by Crippen LogP contribution is 2.14. The summed E-state index contributed by atoms with van der Waals surface area (Å²) >= 11 is 0. The lowest BCUT2D eigenvalue weighted by atomic mass is 10.4. The molecule has 0 bridgehead atoms. The molecule has 2 aromatic rings. The van der Waals surface area contributed by atoms with E-state index in [4.69, 9.17) is 11.0 Å². The second-order valence-electron chi connectivity index (χ2n) is 2.67. The van der Waals surface area contributed by atoms with Crippen molar-refractivity contribution in [3.8, 4) is 11.8 Å². The van der Waals surface area contributed by atoms with Crippen molar-refractivity contribution in [1.29, 1.82) is 5.26 Å². The van der Waals surface area contributed by atoms with E-state index in [0.717, 1.165) is 5.69 Å². The SMILES string of the molecule is N#Cc1ncn(-c2cccnc2)c1N. The van der Waals surface area contributed by atoms with E-state index in [9.17, 15) is 0 Å². The Morgan fingerprint density at radius 2 is 2.36 bits per heavy atom. The molecular formula is C9H7N5. The maximum atomic E-state index is 8.66. The van der Waals surface area contributed by atoms with Gasteiger partial charge in [0, 0.05) is 6.20 Å². The van der Waals surface area contributed by atoms with Crippen LogP contribution < -0.4 is 5.73 Å². The molecule has 2 heterocycles. The van der Waals surface area contributed by atoms with Gasteiger partial charge in [-0.05, 0) is 12.1 Å². The predicted octanol–water partition coefficient (Wildman–Crippen LogP) is 0.721. The van der Waals surface area contributed by atoms with Gasteiger partial charge in [-0.25, -0.2) is 4.98 Å². The average molecular weight is 185 g/mol. The summed E-state index contributed by atoms with van der Waals surface area (Å²) in [4.78, 5) is 7.81. The van der Waals surface area contributed by atoms with Gasteiger partial charge in [-0.3, -0.25) is 9.55 Å². The molecule has 0 amide bonds. The smallest absolute Gasteiger partial charge is 0.182 e. The zero-order valence-electron chi connectivity index (χ0n) is 7.25. The molecular weight excluding hydrogens is 178 g/mol. The van der Waals surface area contributed by atoms with E-state index in [0.29, 0.717) is 5.82 Å². The maximum absolute atomic E-state index is 8.66. The normalized spacial score (nSPS) is 9.64. The van der Waals surface area contributed by atoms with E-state index in [-0.39, 0.29) is 5.69 Å².